The Labute approximate surface area is 79.8 Å². The summed E-state index contributed by atoms with van der Waals surface area (Å²) in [4.78, 5) is 38.0. The third-order valence-corrected chi connectivity index (χ3v) is 1.89. The van der Waals surface area contributed by atoms with Crippen LogP contribution in [0.15, 0.2) is 0 Å². The fourth-order valence-corrected chi connectivity index (χ4v) is 1.16. The van der Waals surface area contributed by atoms with Crippen LogP contribution in [0.5, 0.6) is 0 Å². The first kappa shape index (κ1) is 13.1. The Kier molecular flexibility index (Phi) is 4.72. The Hall–Kier alpha value is -0.950. The molecule has 0 saturated carbocycles. The van der Waals surface area contributed by atoms with Gasteiger partial charge in [0.2, 0.25) is 11.8 Å². The average molecular weight is 225 g/mol. The average Bonchev–Trinajstić information content (AvgIpc) is 1.94. The fraction of sp³-hybridized carbons (Fsp3) is 0.600. The number of hydrogen-bond acceptors (Lipinski definition) is 4. The molecule has 0 aromatic carbocycles. The number of primary amides is 2. The quantitative estimate of drug-likeness (QED) is 0.313. The van der Waals surface area contributed by atoms with Gasteiger partial charge >= 0.3 is 7.60 Å². The minimum absolute atomic E-state index is 0.394. The largest absolute Gasteiger partial charge is 0.370 e. The van der Waals surface area contributed by atoms with Gasteiger partial charge in [-0.2, -0.15) is 0 Å². The molecule has 0 rings (SSSR count). The van der Waals surface area contributed by atoms with Gasteiger partial charge in [-0.25, -0.2) is 0 Å². The highest BCUT2D eigenvalue weighted by Gasteiger charge is 2.21. The summed E-state index contributed by atoms with van der Waals surface area (Å²) in [6.07, 6.45) is -1.12. The number of amides is 2. The van der Waals surface area contributed by atoms with Crippen molar-refractivity contribution in [2.45, 2.75) is 12.5 Å². The molecule has 0 spiro atoms. The molecule has 0 saturated heterocycles. The molecular formula is C5H12N3O5P. The number of nitrogens with two attached hydrogens (primary N) is 2. The van der Waals surface area contributed by atoms with E-state index in [2.05, 4.69) is 5.32 Å². The predicted octanol–water partition coefficient (Wildman–Crippen LogP) is -2.56. The molecular weight excluding hydrogens is 213 g/mol. The zero-order valence-electron chi connectivity index (χ0n) is 7.21. The van der Waals surface area contributed by atoms with Gasteiger partial charge in [0.1, 0.15) is 0 Å². The van der Waals surface area contributed by atoms with Crippen molar-refractivity contribution in [1.29, 1.82) is 0 Å². The topological polar surface area (TPSA) is 156 Å². The van der Waals surface area contributed by atoms with Crippen LogP contribution in [0.1, 0.15) is 6.42 Å². The first-order valence-electron chi connectivity index (χ1n) is 3.58. The van der Waals surface area contributed by atoms with E-state index in [9.17, 15) is 14.2 Å². The van der Waals surface area contributed by atoms with Crippen LogP contribution in [0.2, 0.25) is 0 Å². The molecule has 2 amide bonds. The molecule has 0 unspecified atom stereocenters. The maximum absolute atomic E-state index is 10.7. The van der Waals surface area contributed by atoms with Crippen LogP contribution in [-0.4, -0.2) is 33.9 Å². The zero-order chi connectivity index (χ0) is 11.4. The number of rotatable bonds is 6. The smallest absolute Gasteiger partial charge is 0.339 e. The maximum atomic E-state index is 10.7. The molecule has 0 aromatic heterocycles. The molecule has 82 valence electrons. The minimum Gasteiger partial charge on any atom is -0.370 e. The summed E-state index contributed by atoms with van der Waals surface area (Å²) in [5.41, 5.74) is 9.64. The van der Waals surface area contributed by atoms with Crippen molar-refractivity contribution in [1.82, 2.24) is 5.32 Å². The van der Waals surface area contributed by atoms with Gasteiger partial charge in [-0.3, -0.25) is 19.5 Å². The predicted molar refractivity (Wildman–Crippen MR) is 46.8 cm³/mol. The van der Waals surface area contributed by atoms with E-state index in [0.717, 1.165) is 0 Å². The number of carbonyl (C=O) groups is 2. The van der Waals surface area contributed by atoms with Gasteiger partial charge in [-0.05, 0) is 0 Å². The van der Waals surface area contributed by atoms with Crippen LogP contribution >= 0.6 is 7.60 Å². The van der Waals surface area contributed by atoms with Crippen molar-refractivity contribution in [3.8, 4) is 0 Å². The summed E-state index contributed by atoms with van der Waals surface area (Å²) in [6.45, 7) is 0. The molecule has 8 nitrogen and oxygen atoms in total. The molecule has 0 bridgehead atoms. The van der Waals surface area contributed by atoms with E-state index in [1.807, 2.05) is 0 Å². The molecule has 0 aromatic rings. The van der Waals surface area contributed by atoms with E-state index in [-0.39, 0.29) is 0 Å². The van der Waals surface area contributed by atoms with Crippen LogP contribution in [0.3, 0.4) is 0 Å². The molecule has 0 aliphatic rings. The highest BCUT2D eigenvalue weighted by atomic mass is 31.2. The van der Waals surface area contributed by atoms with E-state index in [1.54, 1.807) is 0 Å². The molecule has 14 heavy (non-hydrogen) atoms. The van der Waals surface area contributed by atoms with Gasteiger partial charge in [-0.15, -0.1) is 0 Å². The first-order valence-corrected chi connectivity index (χ1v) is 5.37. The second kappa shape index (κ2) is 5.06. The number of hydrogen-bond donors (Lipinski definition) is 5. The summed E-state index contributed by atoms with van der Waals surface area (Å²) in [6, 6.07) is -1.15. The Morgan fingerprint density at radius 3 is 2.14 bits per heavy atom. The van der Waals surface area contributed by atoms with E-state index >= 15 is 0 Å². The molecule has 0 heterocycles. The summed E-state index contributed by atoms with van der Waals surface area (Å²) in [5, 5.41) is 2.15. The SMILES string of the molecule is NC(=O)C[C@H](NCP(=O)(O)O)C(N)=O. The van der Waals surface area contributed by atoms with Gasteiger partial charge < -0.3 is 21.3 Å². The number of nitrogens with one attached hydrogen (secondary N) is 1. The normalized spacial score (nSPS) is 13.6. The Bertz CT molecular complexity index is 275. The van der Waals surface area contributed by atoms with E-state index < -0.39 is 38.2 Å². The number of carbonyl (C=O) groups excluding carboxylic acids is 2. The second-order valence-corrected chi connectivity index (χ2v) is 4.30. The standard InChI is InChI=1S/C5H12N3O5P/c6-4(9)1-3(5(7)10)8-2-14(11,12)13/h3,8H,1-2H2,(H2,6,9)(H2,7,10)(H2,11,12,13)/t3-/m0/s1. The molecule has 9 heteroatoms. The van der Waals surface area contributed by atoms with Crippen molar-refractivity contribution in [2.24, 2.45) is 11.5 Å². The van der Waals surface area contributed by atoms with Gasteiger partial charge in [0.15, 0.2) is 0 Å². The first-order chi connectivity index (χ1) is 6.22. The van der Waals surface area contributed by atoms with E-state index in [0.29, 0.717) is 0 Å². The summed E-state index contributed by atoms with van der Waals surface area (Å²) >= 11 is 0. The zero-order valence-corrected chi connectivity index (χ0v) is 8.11. The van der Waals surface area contributed by atoms with Crippen molar-refractivity contribution in [3.63, 3.8) is 0 Å². The lowest BCUT2D eigenvalue weighted by Crippen LogP contribution is -2.44. The second-order valence-electron chi connectivity index (χ2n) is 2.65. The monoisotopic (exact) mass is 225 g/mol. The lowest BCUT2D eigenvalue weighted by molar-refractivity contribution is -0.125. The van der Waals surface area contributed by atoms with Gasteiger partial charge in [0.05, 0.1) is 18.7 Å². The summed E-state index contributed by atoms with van der Waals surface area (Å²) < 4.78 is 10.4. The minimum atomic E-state index is -4.27. The van der Waals surface area contributed by atoms with E-state index in [4.69, 9.17) is 21.3 Å². The van der Waals surface area contributed by atoms with Crippen LogP contribution in [-0.2, 0) is 14.2 Å². The lowest BCUT2D eigenvalue weighted by Gasteiger charge is -2.13. The van der Waals surface area contributed by atoms with Crippen LogP contribution in [0.4, 0.5) is 0 Å². The third-order valence-electron chi connectivity index (χ3n) is 1.29. The van der Waals surface area contributed by atoms with Gasteiger partial charge in [-0.1, -0.05) is 0 Å². The molecule has 7 N–H and O–H groups in total. The Morgan fingerprint density at radius 1 is 1.36 bits per heavy atom. The van der Waals surface area contributed by atoms with Gasteiger partial charge in [0, 0.05) is 0 Å². The van der Waals surface area contributed by atoms with Crippen LogP contribution < -0.4 is 16.8 Å². The Morgan fingerprint density at radius 2 is 1.86 bits per heavy atom. The van der Waals surface area contributed by atoms with Gasteiger partial charge in [0.25, 0.3) is 0 Å². The molecule has 0 fully saturated rings. The van der Waals surface area contributed by atoms with Crippen molar-refractivity contribution >= 4 is 19.4 Å². The summed E-state index contributed by atoms with van der Waals surface area (Å²) in [5.74, 6) is -1.68. The van der Waals surface area contributed by atoms with E-state index in [1.165, 1.54) is 0 Å². The van der Waals surface area contributed by atoms with Crippen molar-refractivity contribution in [3.05, 3.63) is 0 Å². The van der Waals surface area contributed by atoms with Crippen molar-refractivity contribution < 1.29 is 23.9 Å². The maximum Gasteiger partial charge on any atom is 0.339 e. The molecule has 0 aliphatic heterocycles. The highest BCUT2D eigenvalue weighted by molar-refractivity contribution is 7.51. The third kappa shape index (κ3) is 6.55. The molecule has 0 aliphatic carbocycles. The lowest BCUT2D eigenvalue weighted by atomic mass is 10.2. The van der Waals surface area contributed by atoms with Crippen LogP contribution in [0.25, 0.3) is 0 Å². The summed E-state index contributed by atoms with van der Waals surface area (Å²) in [7, 11) is -4.27. The van der Waals surface area contributed by atoms with Crippen LogP contribution in [0, 0.1) is 0 Å². The van der Waals surface area contributed by atoms with Crippen molar-refractivity contribution in [2.75, 3.05) is 6.29 Å². The fourth-order valence-electron chi connectivity index (χ4n) is 0.704. The highest BCUT2D eigenvalue weighted by Crippen LogP contribution is 2.32. The molecule has 0 radical (unpaired) electrons. The Balaban J connectivity index is 4.18. The molecule has 1 atom stereocenters.